The molecule has 0 spiro atoms. The van der Waals surface area contributed by atoms with Gasteiger partial charge in [0.05, 0.1) is 6.04 Å². The van der Waals surface area contributed by atoms with Crippen molar-refractivity contribution in [3.63, 3.8) is 0 Å². The number of rotatable bonds is 2. The lowest BCUT2D eigenvalue weighted by molar-refractivity contribution is 0.169. The van der Waals surface area contributed by atoms with Gasteiger partial charge in [-0.25, -0.2) is 5.53 Å². The lowest BCUT2D eigenvalue weighted by Gasteiger charge is -2.40. The van der Waals surface area contributed by atoms with E-state index in [0.29, 0.717) is 5.92 Å². The fourth-order valence-corrected chi connectivity index (χ4v) is 4.33. The van der Waals surface area contributed by atoms with E-state index < -0.39 is 0 Å². The second-order valence-corrected chi connectivity index (χ2v) is 6.71. The highest BCUT2D eigenvalue weighted by molar-refractivity contribution is 6.31. The standard InChI is InChI=1S/C17H17ClN2/c18-14-4-3-10-5-12(2-1-11(10)6-14)16-8-13-7-15(20-19)9-17(13)16/h1-6,13,15-17,19H,7-9H2. The predicted molar refractivity (Wildman–Crippen MR) is 81.5 cm³/mol. The molecule has 4 rings (SSSR count). The number of nitrogens with zero attached hydrogens (tertiary/aromatic N) is 1. The van der Waals surface area contributed by atoms with Crippen LogP contribution in [0, 0.1) is 17.4 Å². The molecule has 0 amide bonds. The van der Waals surface area contributed by atoms with Crippen molar-refractivity contribution in [2.24, 2.45) is 17.0 Å². The van der Waals surface area contributed by atoms with Crippen molar-refractivity contribution in [3.8, 4) is 0 Å². The highest BCUT2D eigenvalue weighted by Crippen LogP contribution is 2.56. The SMILES string of the molecule is N=NC1CC2CC(c3ccc4cc(Cl)ccc4c3)C2C1. The minimum absolute atomic E-state index is 0.286. The van der Waals surface area contributed by atoms with E-state index in [9.17, 15) is 0 Å². The van der Waals surface area contributed by atoms with E-state index in [0.717, 1.165) is 29.7 Å². The van der Waals surface area contributed by atoms with Crippen LogP contribution < -0.4 is 0 Å². The van der Waals surface area contributed by atoms with E-state index in [1.807, 2.05) is 12.1 Å². The molecule has 2 aliphatic rings. The Balaban J connectivity index is 1.64. The molecule has 2 fully saturated rings. The van der Waals surface area contributed by atoms with Gasteiger partial charge in [0.15, 0.2) is 0 Å². The number of nitrogens with one attached hydrogen (secondary N) is 1. The van der Waals surface area contributed by atoms with E-state index >= 15 is 0 Å². The summed E-state index contributed by atoms with van der Waals surface area (Å²) in [6.45, 7) is 0. The van der Waals surface area contributed by atoms with E-state index in [4.69, 9.17) is 17.1 Å². The van der Waals surface area contributed by atoms with Gasteiger partial charge in [-0.1, -0.05) is 35.9 Å². The van der Waals surface area contributed by atoms with Gasteiger partial charge in [0, 0.05) is 5.02 Å². The van der Waals surface area contributed by atoms with Crippen molar-refractivity contribution < 1.29 is 0 Å². The van der Waals surface area contributed by atoms with Gasteiger partial charge >= 0.3 is 0 Å². The third-order valence-electron chi connectivity index (χ3n) is 5.24. The van der Waals surface area contributed by atoms with E-state index in [1.165, 1.54) is 22.8 Å². The molecule has 20 heavy (non-hydrogen) atoms. The molecule has 0 aromatic heterocycles. The minimum atomic E-state index is 0.286. The summed E-state index contributed by atoms with van der Waals surface area (Å²) in [5.74, 6) is 2.23. The molecule has 0 radical (unpaired) electrons. The van der Waals surface area contributed by atoms with Gasteiger partial charge in [-0.3, -0.25) is 0 Å². The third kappa shape index (κ3) is 1.86. The number of benzene rings is 2. The summed E-state index contributed by atoms with van der Waals surface area (Å²) >= 11 is 6.04. The molecule has 2 saturated carbocycles. The zero-order chi connectivity index (χ0) is 13.7. The Bertz CT molecular complexity index is 682. The summed E-state index contributed by atoms with van der Waals surface area (Å²) in [7, 11) is 0. The summed E-state index contributed by atoms with van der Waals surface area (Å²) in [6.07, 6.45) is 3.52. The van der Waals surface area contributed by atoms with Crippen LogP contribution in [0.3, 0.4) is 0 Å². The van der Waals surface area contributed by atoms with Crippen molar-refractivity contribution in [2.45, 2.75) is 31.2 Å². The fourth-order valence-electron chi connectivity index (χ4n) is 4.15. The Morgan fingerprint density at radius 2 is 1.80 bits per heavy atom. The van der Waals surface area contributed by atoms with Crippen LogP contribution in [0.25, 0.3) is 10.8 Å². The molecule has 2 aromatic rings. The lowest BCUT2D eigenvalue weighted by Crippen LogP contribution is -2.30. The second kappa shape index (κ2) is 4.56. The molecule has 0 heterocycles. The fraction of sp³-hybridized carbons (Fsp3) is 0.412. The first-order chi connectivity index (χ1) is 9.74. The van der Waals surface area contributed by atoms with Crippen LogP contribution in [0.1, 0.15) is 30.7 Å². The van der Waals surface area contributed by atoms with Crippen molar-refractivity contribution >= 4 is 22.4 Å². The average Bonchev–Trinajstić information content (AvgIpc) is 2.76. The van der Waals surface area contributed by atoms with Gasteiger partial charge < -0.3 is 0 Å². The molecule has 2 nitrogen and oxygen atoms in total. The molecular weight excluding hydrogens is 268 g/mol. The summed E-state index contributed by atoms with van der Waals surface area (Å²) in [6, 6.07) is 13.1. The highest BCUT2D eigenvalue weighted by Gasteiger charge is 2.48. The van der Waals surface area contributed by atoms with Crippen LogP contribution >= 0.6 is 11.6 Å². The molecule has 0 aliphatic heterocycles. The molecule has 102 valence electrons. The first kappa shape index (κ1) is 12.3. The average molecular weight is 285 g/mol. The molecule has 3 heteroatoms. The zero-order valence-electron chi connectivity index (χ0n) is 11.2. The Hall–Kier alpha value is -1.41. The van der Waals surface area contributed by atoms with Crippen LogP contribution in [-0.4, -0.2) is 6.04 Å². The van der Waals surface area contributed by atoms with Gasteiger partial charge in [-0.05, 0) is 65.5 Å². The minimum Gasteiger partial charge on any atom is -0.210 e. The summed E-state index contributed by atoms with van der Waals surface area (Å²) in [4.78, 5) is 0. The normalized spacial score (nSPS) is 31.9. The molecule has 0 bridgehead atoms. The van der Waals surface area contributed by atoms with Crippen molar-refractivity contribution in [1.82, 2.24) is 0 Å². The predicted octanol–water partition coefficient (Wildman–Crippen LogP) is 5.41. The monoisotopic (exact) mass is 284 g/mol. The Morgan fingerprint density at radius 1 is 1.00 bits per heavy atom. The van der Waals surface area contributed by atoms with Crippen molar-refractivity contribution in [1.29, 1.82) is 5.53 Å². The van der Waals surface area contributed by atoms with Crippen molar-refractivity contribution in [3.05, 3.63) is 47.0 Å². The largest absolute Gasteiger partial charge is 0.210 e. The van der Waals surface area contributed by atoms with E-state index in [1.54, 1.807) is 0 Å². The number of hydrogen-bond donors (Lipinski definition) is 1. The molecule has 2 aliphatic carbocycles. The molecule has 0 saturated heterocycles. The van der Waals surface area contributed by atoms with Gasteiger partial charge in [0.1, 0.15) is 0 Å². The smallest absolute Gasteiger partial charge is 0.0711 e. The number of halogens is 1. The maximum absolute atomic E-state index is 7.22. The van der Waals surface area contributed by atoms with Gasteiger partial charge in [0.25, 0.3) is 0 Å². The van der Waals surface area contributed by atoms with Gasteiger partial charge in [0.2, 0.25) is 0 Å². The molecule has 1 N–H and O–H groups in total. The summed E-state index contributed by atoms with van der Waals surface area (Å²) in [5.41, 5.74) is 8.67. The Morgan fingerprint density at radius 3 is 2.65 bits per heavy atom. The highest BCUT2D eigenvalue weighted by atomic mass is 35.5. The summed E-state index contributed by atoms with van der Waals surface area (Å²) < 4.78 is 0. The third-order valence-corrected chi connectivity index (χ3v) is 5.47. The number of hydrogen-bond acceptors (Lipinski definition) is 2. The molecule has 4 atom stereocenters. The number of fused-ring (bicyclic) bond motifs is 2. The maximum atomic E-state index is 7.22. The van der Waals surface area contributed by atoms with Crippen LogP contribution in [0.5, 0.6) is 0 Å². The van der Waals surface area contributed by atoms with Gasteiger partial charge in [-0.15, -0.1) is 0 Å². The first-order valence-electron chi connectivity index (χ1n) is 7.30. The van der Waals surface area contributed by atoms with E-state index in [-0.39, 0.29) is 6.04 Å². The van der Waals surface area contributed by atoms with Crippen LogP contribution in [0.2, 0.25) is 5.02 Å². The van der Waals surface area contributed by atoms with Crippen LogP contribution in [0.4, 0.5) is 0 Å². The topological polar surface area (TPSA) is 36.2 Å². The Labute approximate surface area is 123 Å². The lowest BCUT2D eigenvalue weighted by atomic mass is 9.64. The first-order valence-corrected chi connectivity index (χ1v) is 7.68. The van der Waals surface area contributed by atoms with Gasteiger partial charge in [-0.2, -0.15) is 5.11 Å². The Kier molecular flexibility index (Phi) is 2.81. The molecule has 2 aromatic carbocycles. The quantitative estimate of drug-likeness (QED) is 0.716. The van der Waals surface area contributed by atoms with E-state index in [2.05, 4.69) is 29.4 Å². The molecule has 4 unspecified atom stereocenters. The second-order valence-electron chi connectivity index (χ2n) is 6.27. The van der Waals surface area contributed by atoms with Crippen LogP contribution in [0.15, 0.2) is 41.5 Å². The van der Waals surface area contributed by atoms with Crippen molar-refractivity contribution in [2.75, 3.05) is 0 Å². The van der Waals surface area contributed by atoms with Crippen LogP contribution in [-0.2, 0) is 0 Å². The zero-order valence-corrected chi connectivity index (χ0v) is 12.0. The molecular formula is C17H17ClN2. The maximum Gasteiger partial charge on any atom is 0.0711 e. The summed E-state index contributed by atoms with van der Waals surface area (Å²) in [5, 5.41) is 7.03.